The van der Waals surface area contributed by atoms with Crippen LogP contribution in [-0.4, -0.2) is 9.97 Å². The molecule has 0 saturated carbocycles. The van der Waals surface area contributed by atoms with E-state index in [2.05, 4.69) is 46.5 Å². The van der Waals surface area contributed by atoms with Gasteiger partial charge >= 0.3 is 0 Å². The summed E-state index contributed by atoms with van der Waals surface area (Å²) in [5.41, 5.74) is 2.22. The third kappa shape index (κ3) is 2.62. The minimum Gasteiger partial charge on any atom is -0.347 e. The Balaban J connectivity index is 1.87. The van der Waals surface area contributed by atoms with E-state index in [0.29, 0.717) is 5.95 Å². The van der Waals surface area contributed by atoms with E-state index >= 15 is 0 Å². The molecule has 0 aliphatic carbocycles. The molecule has 2 aromatic carbocycles. The van der Waals surface area contributed by atoms with E-state index in [4.69, 9.17) is 0 Å². The fourth-order valence-corrected chi connectivity index (χ4v) is 2.30. The van der Waals surface area contributed by atoms with E-state index < -0.39 is 0 Å². The SMILES string of the molecule is CCC(Nc1ncc2ccccc2n1)c1ccccc1. The molecule has 0 fully saturated rings. The molecule has 0 aliphatic rings. The summed E-state index contributed by atoms with van der Waals surface area (Å²) in [6, 6.07) is 18.6. The lowest BCUT2D eigenvalue weighted by atomic mass is 10.1. The van der Waals surface area contributed by atoms with Gasteiger partial charge in [0.1, 0.15) is 0 Å². The van der Waals surface area contributed by atoms with Gasteiger partial charge in [0.15, 0.2) is 0 Å². The molecule has 0 aliphatic heterocycles. The van der Waals surface area contributed by atoms with Crippen LogP contribution in [-0.2, 0) is 0 Å². The molecule has 3 heteroatoms. The Morgan fingerprint density at radius 2 is 1.75 bits per heavy atom. The van der Waals surface area contributed by atoms with Gasteiger partial charge in [0, 0.05) is 11.6 Å². The summed E-state index contributed by atoms with van der Waals surface area (Å²) in [6.07, 6.45) is 2.85. The predicted molar refractivity (Wildman–Crippen MR) is 82.6 cm³/mol. The number of nitrogens with zero attached hydrogens (tertiary/aromatic N) is 2. The molecular formula is C17H17N3. The van der Waals surface area contributed by atoms with Crippen molar-refractivity contribution in [3.63, 3.8) is 0 Å². The topological polar surface area (TPSA) is 37.8 Å². The van der Waals surface area contributed by atoms with Crippen molar-refractivity contribution in [2.75, 3.05) is 5.32 Å². The number of fused-ring (bicyclic) bond motifs is 1. The lowest BCUT2D eigenvalue weighted by Gasteiger charge is -2.17. The number of anilines is 1. The van der Waals surface area contributed by atoms with E-state index in [1.54, 1.807) is 0 Å². The summed E-state index contributed by atoms with van der Waals surface area (Å²) in [5, 5.41) is 4.48. The minimum atomic E-state index is 0.234. The van der Waals surface area contributed by atoms with E-state index in [1.165, 1.54) is 5.56 Å². The standard InChI is InChI=1S/C17H17N3/c1-2-15(13-8-4-3-5-9-13)19-17-18-12-14-10-6-7-11-16(14)20-17/h3-12,15H,2H2,1H3,(H,18,19,20). The van der Waals surface area contributed by atoms with E-state index in [1.807, 2.05) is 36.5 Å². The summed E-state index contributed by atoms with van der Waals surface area (Å²) >= 11 is 0. The summed E-state index contributed by atoms with van der Waals surface area (Å²) < 4.78 is 0. The molecule has 3 nitrogen and oxygen atoms in total. The molecule has 0 amide bonds. The average molecular weight is 263 g/mol. The van der Waals surface area contributed by atoms with Crippen LogP contribution < -0.4 is 5.32 Å². The van der Waals surface area contributed by atoms with Crippen LogP contribution in [0.2, 0.25) is 0 Å². The van der Waals surface area contributed by atoms with Crippen LogP contribution in [0.1, 0.15) is 24.9 Å². The summed E-state index contributed by atoms with van der Waals surface area (Å²) in [4.78, 5) is 8.96. The summed E-state index contributed by atoms with van der Waals surface area (Å²) in [5.74, 6) is 0.680. The Morgan fingerprint density at radius 3 is 2.55 bits per heavy atom. The van der Waals surface area contributed by atoms with Gasteiger partial charge in [-0.05, 0) is 18.1 Å². The number of aromatic nitrogens is 2. The molecule has 1 unspecified atom stereocenters. The highest BCUT2D eigenvalue weighted by molar-refractivity contribution is 5.78. The van der Waals surface area contributed by atoms with Gasteiger partial charge in [-0.1, -0.05) is 55.5 Å². The molecule has 0 spiro atoms. The zero-order chi connectivity index (χ0) is 13.8. The van der Waals surface area contributed by atoms with Gasteiger partial charge in [-0.3, -0.25) is 0 Å². The van der Waals surface area contributed by atoms with E-state index in [0.717, 1.165) is 17.3 Å². The van der Waals surface area contributed by atoms with Crippen LogP contribution in [0, 0.1) is 0 Å². The second-order valence-corrected chi connectivity index (χ2v) is 4.77. The summed E-state index contributed by atoms with van der Waals surface area (Å²) in [6.45, 7) is 2.16. The van der Waals surface area contributed by atoms with E-state index in [9.17, 15) is 0 Å². The molecule has 1 heterocycles. The zero-order valence-corrected chi connectivity index (χ0v) is 11.5. The monoisotopic (exact) mass is 263 g/mol. The van der Waals surface area contributed by atoms with Crippen LogP contribution in [0.3, 0.4) is 0 Å². The Bertz CT molecular complexity index is 695. The molecule has 3 aromatic rings. The molecule has 1 N–H and O–H groups in total. The van der Waals surface area contributed by atoms with Crippen LogP contribution >= 0.6 is 0 Å². The van der Waals surface area contributed by atoms with Crippen molar-refractivity contribution in [1.82, 2.24) is 9.97 Å². The molecule has 3 rings (SSSR count). The first-order chi connectivity index (χ1) is 9.86. The normalized spacial score (nSPS) is 12.2. The predicted octanol–water partition coefficient (Wildman–Crippen LogP) is 4.19. The molecule has 0 bridgehead atoms. The molecule has 1 aromatic heterocycles. The maximum Gasteiger partial charge on any atom is 0.223 e. The van der Waals surface area contributed by atoms with Crippen molar-refractivity contribution < 1.29 is 0 Å². The lowest BCUT2D eigenvalue weighted by molar-refractivity contribution is 0.739. The smallest absolute Gasteiger partial charge is 0.223 e. The molecule has 100 valence electrons. The van der Waals surface area contributed by atoms with Gasteiger partial charge in [0.05, 0.1) is 11.6 Å². The third-order valence-corrected chi connectivity index (χ3v) is 3.40. The van der Waals surface area contributed by atoms with Crippen LogP contribution in [0.25, 0.3) is 10.9 Å². The van der Waals surface area contributed by atoms with Crippen molar-refractivity contribution in [3.8, 4) is 0 Å². The van der Waals surface area contributed by atoms with Gasteiger partial charge in [0.2, 0.25) is 5.95 Å². The highest BCUT2D eigenvalue weighted by Gasteiger charge is 2.10. The highest BCUT2D eigenvalue weighted by atomic mass is 15.1. The van der Waals surface area contributed by atoms with Crippen LogP contribution in [0.4, 0.5) is 5.95 Å². The first kappa shape index (κ1) is 12.6. The number of nitrogens with one attached hydrogen (secondary N) is 1. The highest BCUT2D eigenvalue weighted by Crippen LogP contribution is 2.21. The average Bonchev–Trinajstić information content (AvgIpc) is 2.53. The number of hydrogen-bond acceptors (Lipinski definition) is 3. The fraction of sp³-hybridized carbons (Fsp3) is 0.176. The Morgan fingerprint density at radius 1 is 1.00 bits per heavy atom. The fourth-order valence-electron chi connectivity index (χ4n) is 2.30. The van der Waals surface area contributed by atoms with Crippen molar-refractivity contribution in [2.24, 2.45) is 0 Å². The maximum atomic E-state index is 4.57. The summed E-state index contributed by atoms with van der Waals surface area (Å²) in [7, 11) is 0. The zero-order valence-electron chi connectivity index (χ0n) is 11.5. The second-order valence-electron chi connectivity index (χ2n) is 4.77. The quantitative estimate of drug-likeness (QED) is 0.766. The van der Waals surface area contributed by atoms with Crippen LogP contribution in [0.15, 0.2) is 60.8 Å². The van der Waals surface area contributed by atoms with Gasteiger partial charge in [-0.2, -0.15) is 0 Å². The third-order valence-electron chi connectivity index (χ3n) is 3.40. The number of para-hydroxylation sites is 1. The number of hydrogen-bond donors (Lipinski definition) is 1. The minimum absolute atomic E-state index is 0.234. The van der Waals surface area contributed by atoms with Gasteiger partial charge in [0.25, 0.3) is 0 Å². The molecule has 20 heavy (non-hydrogen) atoms. The molecule has 0 radical (unpaired) electrons. The second kappa shape index (κ2) is 5.70. The Labute approximate surface area is 118 Å². The number of rotatable bonds is 4. The first-order valence-electron chi connectivity index (χ1n) is 6.90. The molecular weight excluding hydrogens is 246 g/mol. The Hall–Kier alpha value is -2.42. The van der Waals surface area contributed by atoms with E-state index in [-0.39, 0.29) is 6.04 Å². The maximum absolute atomic E-state index is 4.57. The lowest BCUT2D eigenvalue weighted by Crippen LogP contribution is -2.11. The Kier molecular flexibility index (Phi) is 3.59. The van der Waals surface area contributed by atoms with Crippen LogP contribution in [0.5, 0.6) is 0 Å². The van der Waals surface area contributed by atoms with Crippen molar-refractivity contribution in [3.05, 3.63) is 66.4 Å². The molecule has 1 atom stereocenters. The van der Waals surface area contributed by atoms with Gasteiger partial charge in [-0.25, -0.2) is 9.97 Å². The van der Waals surface area contributed by atoms with Gasteiger partial charge < -0.3 is 5.32 Å². The largest absolute Gasteiger partial charge is 0.347 e. The molecule has 0 saturated heterocycles. The number of benzene rings is 2. The first-order valence-corrected chi connectivity index (χ1v) is 6.90. The van der Waals surface area contributed by atoms with Crippen molar-refractivity contribution in [2.45, 2.75) is 19.4 Å². The van der Waals surface area contributed by atoms with Gasteiger partial charge in [-0.15, -0.1) is 0 Å². The van der Waals surface area contributed by atoms with Crippen molar-refractivity contribution >= 4 is 16.9 Å². The van der Waals surface area contributed by atoms with Crippen molar-refractivity contribution in [1.29, 1.82) is 0 Å².